The van der Waals surface area contributed by atoms with Gasteiger partial charge in [-0.25, -0.2) is 9.59 Å². The highest BCUT2D eigenvalue weighted by Gasteiger charge is 1.93. The lowest BCUT2D eigenvalue weighted by atomic mass is 10.1. The van der Waals surface area contributed by atoms with Crippen molar-refractivity contribution >= 4 is 12.1 Å². The Balaban J connectivity index is -0.000000294. The molecular weight excluding hydrogens is 314 g/mol. The third-order valence-electron chi connectivity index (χ3n) is 2.87. The molecule has 0 aliphatic carbocycles. The van der Waals surface area contributed by atoms with Gasteiger partial charge in [0.25, 0.3) is 0 Å². The predicted molar refractivity (Wildman–Crippen MR) is 94.8 cm³/mol. The molecule has 1 amide bonds. The second-order valence-corrected chi connectivity index (χ2v) is 4.95. The zero-order valence-electron chi connectivity index (χ0n) is 15.3. The molecule has 0 aromatic heterocycles. The molecule has 0 aliphatic rings. The van der Waals surface area contributed by atoms with Crippen molar-refractivity contribution in [2.24, 2.45) is 5.73 Å². The minimum atomic E-state index is -0.845. The van der Waals surface area contributed by atoms with E-state index in [1.54, 1.807) is 26.8 Å². The van der Waals surface area contributed by atoms with Gasteiger partial charge in [-0.3, -0.25) is 0 Å². The number of aliphatic carboxylic acids is 1. The van der Waals surface area contributed by atoms with E-state index in [9.17, 15) is 9.59 Å². The van der Waals surface area contributed by atoms with Crippen LogP contribution in [0.1, 0.15) is 65.7 Å². The number of rotatable bonds is 10. The number of allylic oxidation sites excluding steroid dienone is 1. The number of unbranched alkanes of at least 4 members (excludes halogenated alkanes) is 6. The van der Waals surface area contributed by atoms with E-state index in [0.717, 1.165) is 25.7 Å². The van der Waals surface area contributed by atoms with Gasteiger partial charge in [0.05, 0.1) is 6.61 Å². The van der Waals surface area contributed by atoms with Crippen LogP contribution in [0.15, 0.2) is 11.6 Å². The molecule has 0 aliphatic heterocycles. The zero-order valence-corrected chi connectivity index (χ0v) is 15.3. The number of amides is 1. The first-order valence-electron chi connectivity index (χ1n) is 8.37. The number of carbonyl (C=O) groups is 2. The Kier molecular flexibility index (Phi) is 26.9. The van der Waals surface area contributed by atoms with Crippen LogP contribution < -0.4 is 5.73 Å². The molecule has 5 N–H and O–H groups in total. The van der Waals surface area contributed by atoms with Crippen LogP contribution >= 0.6 is 0 Å². The SMILES string of the molecule is CC=C(C)C(=O)O.CCOC(N)=O.OCCCCCCCCCO. The molecular formula is C17H35NO6. The van der Waals surface area contributed by atoms with Crippen molar-refractivity contribution < 1.29 is 29.6 Å². The zero-order chi connectivity index (χ0) is 19.2. The Labute approximate surface area is 145 Å². The fourth-order valence-electron chi connectivity index (χ4n) is 1.37. The fraction of sp³-hybridized carbons (Fsp3) is 0.765. The molecule has 0 unspecified atom stereocenters. The van der Waals surface area contributed by atoms with Crippen molar-refractivity contribution in [3.05, 3.63) is 11.6 Å². The van der Waals surface area contributed by atoms with Crippen LogP contribution in [0.2, 0.25) is 0 Å². The van der Waals surface area contributed by atoms with Gasteiger partial charge in [-0.15, -0.1) is 0 Å². The summed E-state index contributed by atoms with van der Waals surface area (Å²) in [5, 5.41) is 25.1. The largest absolute Gasteiger partial charge is 0.478 e. The van der Waals surface area contributed by atoms with Gasteiger partial charge in [0.2, 0.25) is 0 Å². The Hall–Kier alpha value is -1.60. The highest BCUT2D eigenvalue weighted by molar-refractivity contribution is 5.85. The van der Waals surface area contributed by atoms with E-state index < -0.39 is 12.1 Å². The maximum atomic E-state index is 9.86. The number of primary amides is 1. The minimum absolute atomic E-state index is 0.330. The van der Waals surface area contributed by atoms with Crippen LogP contribution in [-0.2, 0) is 9.53 Å². The molecule has 0 spiro atoms. The number of nitrogens with two attached hydrogens (primary N) is 1. The van der Waals surface area contributed by atoms with Crippen molar-refractivity contribution in [1.82, 2.24) is 0 Å². The molecule has 0 heterocycles. The second-order valence-electron chi connectivity index (χ2n) is 4.95. The van der Waals surface area contributed by atoms with Crippen LogP contribution in [0.5, 0.6) is 0 Å². The molecule has 144 valence electrons. The molecule has 7 nitrogen and oxygen atoms in total. The number of carboxylic acids is 1. The number of hydrogen-bond donors (Lipinski definition) is 4. The van der Waals surface area contributed by atoms with Gasteiger partial charge in [-0.2, -0.15) is 0 Å². The number of aliphatic hydroxyl groups is 2. The topological polar surface area (TPSA) is 130 Å². The monoisotopic (exact) mass is 349 g/mol. The van der Waals surface area contributed by atoms with Gasteiger partial charge in [0.15, 0.2) is 0 Å². The van der Waals surface area contributed by atoms with Gasteiger partial charge in [-0.05, 0) is 33.6 Å². The number of carboxylic acid groups (broad SMARTS) is 1. The van der Waals surface area contributed by atoms with Gasteiger partial charge in [-0.1, -0.05) is 38.2 Å². The van der Waals surface area contributed by atoms with Crippen LogP contribution in [0.4, 0.5) is 4.79 Å². The lowest BCUT2D eigenvalue weighted by molar-refractivity contribution is -0.132. The normalized spacial score (nSPS) is 9.96. The molecule has 0 saturated carbocycles. The maximum absolute atomic E-state index is 9.86. The van der Waals surface area contributed by atoms with E-state index in [0.29, 0.717) is 25.4 Å². The summed E-state index contributed by atoms with van der Waals surface area (Å²) in [6.45, 7) is 5.97. The van der Waals surface area contributed by atoms with Crippen LogP contribution in [0, 0.1) is 0 Å². The first kappa shape index (κ1) is 27.3. The molecule has 0 bridgehead atoms. The Morgan fingerprint density at radius 1 is 0.958 bits per heavy atom. The molecule has 0 aromatic carbocycles. The maximum Gasteiger partial charge on any atom is 0.404 e. The Morgan fingerprint density at radius 3 is 1.46 bits per heavy atom. The predicted octanol–water partition coefficient (Wildman–Crippen LogP) is 2.84. The molecule has 0 atom stereocenters. The summed E-state index contributed by atoms with van der Waals surface area (Å²) in [4.78, 5) is 19.5. The van der Waals surface area contributed by atoms with Gasteiger partial charge >= 0.3 is 12.1 Å². The average molecular weight is 349 g/mol. The van der Waals surface area contributed by atoms with Gasteiger partial charge < -0.3 is 25.8 Å². The standard InChI is InChI=1S/C9H20O2.C5H8O2.C3H7NO2/c10-8-6-4-2-1-3-5-7-9-11;1-3-4(2)5(6)7;1-2-6-3(4)5/h10-11H,1-9H2;3H,1-2H3,(H,6,7);2H2,1H3,(H2,4,5). The summed E-state index contributed by atoms with van der Waals surface area (Å²) in [5.41, 5.74) is 4.93. The van der Waals surface area contributed by atoms with E-state index >= 15 is 0 Å². The average Bonchev–Trinajstić information content (AvgIpc) is 2.54. The van der Waals surface area contributed by atoms with E-state index in [2.05, 4.69) is 10.5 Å². The molecule has 0 aromatic rings. The summed E-state index contributed by atoms with van der Waals surface area (Å²) in [5.74, 6) is -0.845. The molecule has 0 rings (SSSR count). The summed E-state index contributed by atoms with van der Waals surface area (Å²) in [6, 6.07) is 0. The lowest BCUT2D eigenvalue weighted by Gasteiger charge is -1.98. The molecule has 0 saturated heterocycles. The van der Waals surface area contributed by atoms with E-state index in [1.165, 1.54) is 19.3 Å². The summed E-state index contributed by atoms with van der Waals surface area (Å²) in [7, 11) is 0. The first-order chi connectivity index (χ1) is 11.4. The van der Waals surface area contributed by atoms with E-state index in [-0.39, 0.29) is 0 Å². The third-order valence-corrected chi connectivity index (χ3v) is 2.87. The molecule has 7 heteroatoms. The van der Waals surface area contributed by atoms with E-state index in [4.69, 9.17) is 15.3 Å². The quantitative estimate of drug-likeness (QED) is 0.354. The smallest absolute Gasteiger partial charge is 0.404 e. The Morgan fingerprint density at radius 2 is 1.33 bits per heavy atom. The molecule has 0 radical (unpaired) electrons. The van der Waals surface area contributed by atoms with Gasteiger partial charge in [0.1, 0.15) is 0 Å². The number of carbonyl (C=O) groups excluding carboxylic acids is 1. The summed E-state index contributed by atoms with van der Waals surface area (Å²) >= 11 is 0. The van der Waals surface area contributed by atoms with Crippen LogP contribution in [0.25, 0.3) is 0 Å². The van der Waals surface area contributed by atoms with Crippen LogP contribution in [0.3, 0.4) is 0 Å². The lowest BCUT2D eigenvalue weighted by Crippen LogP contribution is -2.11. The molecule has 24 heavy (non-hydrogen) atoms. The van der Waals surface area contributed by atoms with Crippen molar-refractivity contribution in [3.8, 4) is 0 Å². The fourth-order valence-corrected chi connectivity index (χ4v) is 1.37. The van der Waals surface area contributed by atoms with Crippen molar-refractivity contribution in [2.45, 2.75) is 65.7 Å². The summed E-state index contributed by atoms with van der Waals surface area (Å²) < 4.78 is 4.18. The van der Waals surface area contributed by atoms with Crippen molar-refractivity contribution in [2.75, 3.05) is 19.8 Å². The summed E-state index contributed by atoms with van der Waals surface area (Å²) in [6.07, 6.45) is 8.74. The highest BCUT2D eigenvalue weighted by Crippen LogP contribution is 2.06. The first-order valence-corrected chi connectivity index (χ1v) is 8.37. The third kappa shape index (κ3) is 32.4. The second kappa shape index (κ2) is 23.7. The number of ether oxygens (including phenoxy) is 1. The minimum Gasteiger partial charge on any atom is -0.478 e. The van der Waals surface area contributed by atoms with Crippen molar-refractivity contribution in [1.29, 1.82) is 0 Å². The Bertz CT molecular complexity index is 310. The van der Waals surface area contributed by atoms with E-state index in [1.807, 2.05) is 0 Å². The van der Waals surface area contributed by atoms with Gasteiger partial charge in [0, 0.05) is 18.8 Å². The number of hydrogen-bond acceptors (Lipinski definition) is 5. The molecule has 0 fully saturated rings. The highest BCUT2D eigenvalue weighted by atomic mass is 16.5. The number of aliphatic hydroxyl groups excluding tert-OH is 2. The van der Waals surface area contributed by atoms with Crippen molar-refractivity contribution in [3.63, 3.8) is 0 Å². The van der Waals surface area contributed by atoms with Crippen LogP contribution in [-0.4, -0.2) is 47.2 Å².